The molecule has 0 aliphatic carbocycles. The first-order valence-electron chi connectivity index (χ1n) is 5.06. The van der Waals surface area contributed by atoms with Gasteiger partial charge in [-0.15, -0.1) is 0 Å². The molecule has 0 aliphatic rings. The highest BCUT2D eigenvalue weighted by Gasteiger charge is 2.30. The molecule has 1 aromatic carbocycles. The van der Waals surface area contributed by atoms with Gasteiger partial charge >= 0.3 is 0 Å². The zero-order valence-electron chi connectivity index (χ0n) is 8.74. The first-order valence-corrected chi connectivity index (χ1v) is 5.06. The molecule has 0 saturated heterocycles. The Hall–Kier alpha value is -1.71. The number of hydrogen-bond acceptors (Lipinski definition) is 3. The zero-order valence-corrected chi connectivity index (χ0v) is 8.74. The third-order valence-corrected chi connectivity index (χ3v) is 2.62. The minimum atomic E-state index is -1.38. The predicted octanol–water partition coefficient (Wildman–Crippen LogP) is 1.31. The summed E-state index contributed by atoms with van der Waals surface area (Å²) in [6, 6.07) is 12.6. The van der Waals surface area contributed by atoms with Crippen LogP contribution < -0.4 is 0 Å². The van der Waals surface area contributed by atoms with Gasteiger partial charge in [0.05, 0.1) is 6.61 Å². The lowest BCUT2D eigenvalue weighted by atomic mass is 9.88. The summed E-state index contributed by atoms with van der Waals surface area (Å²) in [5.41, 5.74) is -0.135. The molecule has 2 rings (SSSR count). The quantitative estimate of drug-likeness (QED) is 0.811. The third kappa shape index (κ3) is 1.83. The monoisotopic (exact) mass is 215 g/mol. The second-order valence-corrected chi connectivity index (χ2v) is 3.63. The Morgan fingerprint density at radius 3 is 2.25 bits per heavy atom. The Balaban J connectivity index is 2.49. The number of hydrogen-bond donors (Lipinski definition) is 2. The Bertz CT molecular complexity index is 403. The number of aliphatic hydroxyl groups excluding tert-OH is 1. The minimum absolute atomic E-state index is 0.372. The van der Waals surface area contributed by atoms with Crippen molar-refractivity contribution in [1.82, 2.24) is 4.98 Å². The summed E-state index contributed by atoms with van der Waals surface area (Å²) >= 11 is 0. The molecule has 0 bridgehead atoms. The van der Waals surface area contributed by atoms with Crippen LogP contribution >= 0.6 is 0 Å². The van der Waals surface area contributed by atoms with Crippen LogP contribution in [0.5, 0.6) is 0 Å². The molecule has 2 aromatic rings. The molecular formula is C13H13NO2. The number of aromatic nitrogens is 1. The molecule has 16 heavy (non-hydrogen) atoms. The van der Waals surface area contributed by atoms with Crippen LogP contribution in [0.3, 0.4) is 0 Å². The maximum Gasteiger partial charge on any atom is 0.139 e. The van der Waals surface area contributed by atoms with Crippen LogP contribution in [0.4, 0.5) is 0 Å². The molecular weight excluding hydrogens is 202 g/mol. The van der Waals surface area contributed by atoms with Gasteiger partial charge in [-0.2, -0.15) is 0 Å². The molecule has 3 heteroatoms. The van der Waals surface area contributed by atoms with Gasteiger partial charge in [-0.3, -0.25) is 4.98 Å². The summed E-state index contributed by atoms with van der Waals surface area (Å²) < 4.78 is 0. The van der Waals surface area contributed by atoms with E-state index >= 15 is 0 Å². The van der Waals surface area contributed by atoms with Gasteiger partial charge in [0.2, 0.25) is 0 Å². The van der Waals surface area contributed by atoms with Crippen molar-refractivity contribution < 1.29 is 10.2 Å². The summed E-state index contributed by atoms with van der Waals surface area (Å²) in [6.07, 6.45) is 3.19. The van der Waals surface area contributed by atoms with Crippen LogP contribution in [-0.4, -0.2) is 21.8 Å². The van der Waals surface area contributed by atoms with Gasteiger partial charge in [-0.25, -0.2) is 0 Å². The Morgan fingerprint density at radius 1 is 1.00 bits per heavy atom. The van der Waals surface area contributed by atoms with Gasteiger partial charge < -0.3 is 10.2 Å². The first kappa shape index (κ1) is 10.8. The van der Waals surface area contributed by atoms with Crippen molar-refractivity contribution in [2.45, 2.75) is 5.60 Å². The van der Waals surface area contributed by atoms with Crippen LogP contribution in [0.1, 0.15) is 11.1 Å². The average Bonchev–Trinajstić information content (AvgIpc) is 2.40. The van der Waals surface area contributed by atoms with Crippen molar-refractivity contribution in [3.63, 3.8) is 0 Å². The summed E-state index contributed by atoms with van der Waals surface area (Å²) in [5.74, 6) is 0. The number of pyridine rings is 1. The Labute approximate surface area is 94.0 Å². The number of rotatable bonds is 3. The maximum absolute atomic E-state index is 10.5. The topological polar surface area (TPSA) is 53.4 Å². The smallest absolute Gasteiger partial charge is 0.139 e. The second kappa shape index (κ2) is 4.43. The maximum atomic E-state index is 10.5. The van der Waals surface area contributed by atoms with Crippen LogP contribution in [0.25, 0.3) is 0 Å². The number of aliphatic hydroxyl groups is 2. The molecule has 1 aromatic heterocycles. The van der Waals surface area contributed by atoms with Crippen molar-refractivity contribution >= 4 is 0 Å². The van der Waals surface area contributed by atoms with Crippen molar-refractivity contribution in [2.75, 3.05) is 6.61 Å². The highest BCUT2D eigenvalue weighted by molar-refractivity contribution is 5.34. The summed E-state index contributed by atoms with van der Waals surface area (Å²) in [6.45, 7) is -0.372. The lowest BCUT2D eigenvalue weighted by Gasteiger charge is -2.26. The first-order chi connectivity index (χ1) is 7.77. The predicted molar refractivity (Wildman–Crippen MR) is 60.8 cm³/mol. The molecule has 3 nitrogen and oxygen atoms in total. The molecule has 82 valence electrons. The largest absolute Gasteiger partial charge is 0.393 e. The van der Waals surface area contributed by atoms with Gasteiger partial charge in [-0.1, -0.05) is 36.4 Å². The number of benzene rings is 1. The average molecular weight is 215 g/mol. The zero-order chi connectivity index (χ0) is 11.4. The van der Waals surface area contributed by atoms with Gasteiger partial charge in [0.1, 0.15) is 5.60 Å². The molecule has 1 atom stereocenters. The fourth-order valence-corrected chi connectivity index (χ4v) is 1.67. The Morgan fingerprint density at radius 2 is 1.69 bits per heavy atom. The standard InChI is InChI=1S/C13H13NO2/c15-10-13(16,11-5-2-1-3-6-11)12-7-4-8-14-9-12/h1-9,15-16H,10H2/t13-/m1/s1. The van der Waals surface area contributed by atoms with Crippen molar-refractivity contribution in [3.8, 4) is 0 Å². The summed E-state index contributed by atoms with van der Waals surface area (Å²) in [7, 11) is 0. The molecule has 0 saturated carbocycles. The Kier molecular flexibility index (Phi) is 2.99. The van der Waals surface area contributed by atoms with Crippen LogP contribution in [-0.2, 0) is 5.60 Å². The molecule has 1 heterocycles. The molecule has 0 fully saturated rings. The summed E-state index contributed by atoms with van der Waals surface area (Å²) in [5, 5.41) is 19.9. The SMILES string of the molecule is OC[C@@](O)(c1ccccc1)c1cccnc1. The van der Waals surface area contributed by atoms with E-state index in [0.29, 0.717) is 11.1 Å². The van der Waals surface area contributed by atoms with Crippen molar-refractivity contribution in [2.24, 2.45) is 0 Å². The summed E-state index contributed by atoms with van der Waals surface area (Å²) in [4.78, 5) is 3.95. The lowest BCUT2D eigenvalue weighted by molar-refractivity contribution is 0.0170. The van der Waals surface area contributed by atoms with Gasteiger partial charge in [0.15, 0.2) is 0 Å². The molecule has 0 spiro atoms. The van der Waals surface area contributed by atoms with Crippen LogP contribution in [0, 0.1) is 0 Å². The highest BCUT2D eigenvalue weighted by atomic mass is 16.3. The van der Waals surface area contributed by atoms with Crippen LogP contribution in [0.15, 0.2) is 54.9 Å². The third-order valence-electron chi connectivity index (χ3n) is 2.62. The van der Waals surface area contributed by atoms with E-state index in [1.807, 2.05) is 18.2 Å². The fourth-order valence-electron chi connectivity index (χ4n) is 1.67. The molecule has 0 unspecified atom stereocenters. The fraction of sp³-hybridized carbons (Fsp3) is 0.154. The molecule has 2 N–H and O–H groups in total. The van der Waals surface area contributed by atoms with E-state index < -0.39 is 5.60 Å². The van der Waals surface area contributed by atoms with E-state index in [4.69, 9.17) is 0 Å². The number of nitrogens with zero attached hydrogens (tertiary/aromatic N) is 1. The van der Waals surface area contributed by atoms with E-state index in [1.54, 1.807) is 36.7 Å². The van der Waals surface area contributed by atoms with Gasteiger partial charge in [-0.05, 0) is 11.6 Å². The minimum Gasteiger partial charge on any atom is -0.393 e. The van der Waals surface area contributed by atoms with Crippen molar-refractivity contribution in [3.05, 3.63) is 66.0 Å². The van der Waals surface area contributed by atoms with E-state index in [9.17, 15) is 10.2 Å². The molecule has 0 aliphatic heterocycles. The normalized spacial score (nSPS) is 14.4. The van der Waals surface area contributed by atoms with Gasteiger partial charge in [0.25, 0.3) is 0 Å². The van der Waals surface area contributed by atoms with Gasteiger partial charge in [0, 0.05) is 18.0 Å². The van der Waals surface area contributed by atoms with E-state index in [0.717, 1.165) is 0 Å². The van der Waals surface area contributed by atoms with Crippen LogP contribution in [0.2, 0.25) is 0 Å². The van der Waals surface area contributed by atoms with E-state index in [1.165, 1.54) is 0 Å². The highest BCUT2D eigenvalue weighted by Crippen LogP contribution is 2.28. The van der Waals surface area contributed by atoms with E-state index in [-0.39, 0.29) is 6.61 Å². The molecule has 0 radical (unpaired) electrons. The van der Waals surface area contributed by atoms with Crippen molar-refractivity contribution in [1.29, 1.82) is 0 Å². The second-order valence-electron chi connectivity index (χ2n) is 3.63. The lowest BCUT2D eigenvalue weighted by Crippen LogP contribution is -2.31. The molecule has 0 amide bonds. The van der Waals surface area contributed by atoms with E-state index in [2.05, 4.69) is 4.98 Å².